The lowest BCUT2D eigenvalue weighted by atomic mass is 9.68. The molecule has 2 fully saturated rings. The summed E-state index contributed by atoms with van der Waals surface area (Å²) < 4.78 is 13.7. The molecule has 134 valence electrons. The summed E-state index contributed by atoms with van der Waals surface area (Å²) in [4.78, 5) is 13.0. The average molecular weight is 355 g/mol. The van der Waals surface area contributed by atoms with Crippen LogP contribution in [0.15, 0.2) is 24.3 Å². The number of hydrogen-bond donors (Lipinski definition) is 2. The predicted octanol–water partition coefficient (Wildman–Crippen LogP) is 3.57. The molecule has 1 amide bonds. The molecule has 1 atom stereocenters. The largest absolute Gasteiger partial charge is 0.355 e. The van der Waals surface area contributed by atoms with Gasteiger partial charge in [-0.15, -0.1) is 12.4 Å². The van der Waals surface area contributed by atoms with Gasteiger partial charge in [-0.3, -0.25) is 4.79 Å². The molecule has 1 saturated heterocycles. The third-order valence-corrected chi connectivity index (χ3v) is 5.47. The molecule has 3 nitrogen and oxygen atoms in total. The van der Waals surface area contributed by atoms with Crippen LogP contribution in [0.5, 0.6) is 0 Å². The van der Waals surface area contributed by atoms with Gasteiger partial charge in [-0.1, -0.05) is 31.4 Å². The molecule has 1 aliphatic carbocycles. The van der Waals surface area contributed by atoms with E-state index in [1.54, 1.807) is 12.1 Å². The number of carbonyl (C=O) groups is 1. The SMILES string of the molecule is Cl.O=C(NCC1CCCNC1)C1(c2cccc(F)c2)CCCCC1. The van der Waals surface area contributed by atoms with E-state index in [4.69, 9.17) is 0 Å². The fourth-order valence-corrected chi connectivity index (χ4v) is 4.09. The first-order valence-electron chi connectivity index (χ1n) is 8.96. The third kappa shape index (κ3) is 4.28. The molecule has 0 aromatic heterocycles. The third-order valence-electron chi connectivity index (χ3n) is 5.47. The molecule has 1 heterocycles. The van der Waals surface area contributed by atoms with E-state index in [1.807, 2.05) is 6.07 Å². The van der Waals surface area contributed by atoms with Crippen LogP contribution in [0, 0.1) is 11.7 Å². The first-order chi connectivity index (χ1) is 11.2. The molecular weight excluding hydrogens is 327 g/mol. The zero-order valence-corrected chi connectivity index (χ0v) is 15.0. The first-order valence-corrected chi connectivity index (χ1v) is 8.96. The molecule has 1 unspecified atom stereocenters. The van der Waals surface area contributed by atoms with E-state index in [0.29, 0.717) is 5.92 Å². The van der Waals surface area contributed by atoms with Gasteiger partial charge in [0.05, 0.1) is 5.41 Å². The Kier molecular flexibility index (Phi) is 7.05. The molecule has 3 rings (SSSR count). The number of piperidine rings is 1. The van der Waals surface area contributed by atoms with Gasteiger partial charge in [-0.25, -0.2) is 4.39 Å². The van der Waals surface area contributed by atoms with Crippen LogP contribution in [-0.2, 0) is 10.2 Å². The van der Waals surface area contributed by atoms with Crippen LogP contribution in [0.4, 0.5) is 4.39 Å². The maximum atomic E-state index is 13.7. The fourth-order valence-electron chi connectivity index (χ4n) is 4.09. The molecular formula is C19H28ClFN2O. The molecule has 1 saturated carbocycles. The highest BCUT2D eigenvalue weighted by atomic mass is 35.5. The molecule has 0 bridgehead atoms. The molecule has 2 aliphatic rings. The van der Waals surface area contributed by atoms with Crippen LogP contribution in [-0.4, -0.2) is 25.5 Å². The zero-order valence-electron chi connectivity index (χ0n) is 14.2. The molecule has 0 radical (unpaired) electrons. The lowest BCUT2D eigenvalue weighted by Crippen LogP contribution is -2.48. The Morgan fingerprint density at radius 1 is 1.25 bits per heavy atom. The molecule has 1 aromatic rings. The standard InChI is InChI=1S/C19H27FN2O.ClH/c20-17-8-4-7-16(12-17)19(9-2-1-3-10-19)18(23)22-14-15-6-5-11-21-13-15;/h4,7-8,12,15,21H,1-3,5-6,9-11,13-14H2,(H,22,23);1H. The van der Waals surface area contributed by atoms with E-state index in [2.05, 4.69) is 10.6 Å². The van der Waals surface area contributed by atoms with Crippen molar-refractivity contribution in [2.45, 2.75) is 50.4 Å². The van der Waals surface area contributed by atoms with E-state index in [1.165, 1.54) is 18.9 Å². The number of halogens is 2. The molecule has 5 heteroatoms. The van der Waals surface area contributed by atoms with Crippen LogP contribution in [0.25, 0.3) is 0 Å². The van der Waals surface area contributed by atoms with Crippen LogP contribution >= 0.6 is 12.4 Å². The maximum Gasteiger partial charge on any atom is 0.230 e. The summed E-state index contributed by atoms with van der Waals surface area (Å²) in [6, 6.07) is 6.63. The van der Waals surface area contributed by atoms with Crippen molar-refractivity contribution in [1.29, 1.82) is 0 Å². The Morgan fingerprint density at radius 3 is 2.71 bits per heavy atom. The predicted molar refractivity (Wildman–Crippen MR) is 97.0 cm³/mol. The van der Waals surface area contributed by atoms with Gasteiger partial charge in [0.15, 0.2) is 0 Å². The summed E-state index contributed by atoms with van der Waals surface area (Å²) in [7, 11) is 0. The van der Waals surface area contributed by atoms with Gasteiger partial charge in [0, 0.05) is 6.54 Å². The zero-order chi connectivity index (χ0) is 16.1. The van der Waals surface area contributed by atoms with Crippen molar-refractivity contribution < 1.29 is 9.18 Å². The van der Waals surface area contributed by atoms with Crippen molar-refractivity contribution >= 4 is 18.3 Å². The summed E-state index contributed by atoms with van der Waals surface area (Å²) in [6.07, 6.45) is 7.23. The van der Waals surface area contributed by atoms with Crippen molar-refractivity contribution in [3.8, 4) is 0 Å². The van der Waals surface area contributed by atoms with Crippen molar-refractivity contribution in [1.82, 2.24) is 10.6 Å². The number of nitrogens with one attached hydrogen (secondary N) is 2. The van der Waals surface area contributed by atoms with Crippen molar-refractivity contribution in [3.63, 3.8) is 0 Å². The second-order valence-corrected chi connectivity index (χ2v) is 7.08. The number of benzene rings is 1. The van der Waals surface area contributed by atoms with E-state index in [0.717, 1.165) is 57.3 Å². The summed E-state index contributed by atoms with van der Waals surface area (Å²) in [5, 5.41) is 6.57. The van der Waals surface area contributed by atoms with Crippen LogP contribution < -0.4 is 10.6 Å². The lowest BCUT2D eigenvalue weighted by Gasteiger charge is -2.37. The van der Waals surface area contributed by atoms with Gasteiger partial charge in [0.2, 0.25) is 5.91 Å². The van der Waals surface area contributed by atoms with Crippen molar-refractivity contribution in [2.75, 3.05) is 19.6 Å². The van der Waals surface area contributed by atoms with Gasteiger partial charge in [-0.2, -0.15) is 0 Å². The summed E-state index contributed by atoms with van der Waals surface area (Å²) in [5.41, 5.74) is 0.305. The van der Waals surface area contributed by atoms with Gasteiger partial charge in [-0.05, 0) is 62.4 Å². The first kappa shape index (κ1) is 19.2. The average Bonchev–Trinajstić information content (AvgIpc) is 2.61. The molecule has 0 spiro atoms. The normalized spacial score (nSPS) is 23.1. The Morgan fingerprint density at radius 2 is 2.04 bits per heavy atom. The minimum atomic E-state index is -0.539. The van der Waals surface area contributed by atoms with Crippen molar-refractivity contribution in [3.05, 3.63) is 35.6 Å². The van der Waals surface area contributed by atoms with E-state index in [-0.39, 0.29) is 24.1 Å². The molecule has 1 aliphatic heterocycles. The Hall–Kier alpha value is -1.13. The minimum Gasteiger partial charge on any atom is -0.355 e. The van der Waals surface area contributed by atoms with Gasteiger partial charge in [0.25, 0.3) is 0 Å². The van der Waals surface area contributed by atoms with E-state index in [9.17, 15) is 9.18 Å². The van der Waals surface area contributed by atoms with E-state index < -0.39 is 5.41 Å². The van der Waals surface area contributed by atoms with Gasteiger partial charge in [0.1, 0.15) is 5.82 Å². The maximum absolute atomic E-state index is 13.7. The molecule has 1 aromatic carbocycles. The second-order valence-electron chi connectivity index (χ2n) is 7.08. The summed E-state index contributed by atoms with van der Waals surface area (Å²) in [5.74, 6) is 0.353. The quantitative estimate of drug-likeness (QED) is 0.868. The fraction of sp³-hybridized carbons (Fsp3) is 0.632. The Labute approximate surface area is 150 Å². The molecule has 24 heavy (non-hydrogen) atoms. The summed E-state index contributed by atoms with van der Waals surface area (Å²) in [6.45, 7) is 2.79. The topological polar surface area (TPSA) is 41.1 Å². The van der Waals surface area contributed by atoms with Crippen LogP contribution in [0.3, 0.4) is 0 Å². The van der Waals surface area contributed by atoms with Crippen LogP contribution in [0.1, 0.15) is 50.5 Å². The summed E-state index contributed by atoms with van der Waals surface area (Å²) >= 11 is 0. The molecule has 2 N–H and O–H groups in total. The smallest absolute Gasteiger partial charge is 0.230 e. The van der Waals surface area contributed by atoms with Gasteiger partial charge < -0.3 is 10.6 Å². The monoisotopic (exact) mass is 354 g/mol. The van der Waals surface area contributed by atoms with E-state index >= 15 is 0 Å². The number of amides is 1. The minimum absolute atomic E-state index is 0. The Bertz CT molecular complexity index is 540. The number of hydrogen-bond acceptors (Lipinski definition) is 2. The van der Waals surface area contributed by atoms with Crippen molar-refractivity contribution in [2.24, 2.45) is 5.92 Å². The van der Waals surface area contributed by atoms with Gasteiger partial charge >= 0.3 is 0 Å². The number of carbonyl (C=O) groups excluding carboxylic acids is 1. The highest BCUT2D eigenvalue weighted by molar-refractivity contribution is 5.88. The highest BCUT2D eigenvalue weighted by Crippen LogP contribution is 2.40. The highest BCUT2D eigenvalue weighted by Gasteiger charge is 2.41. The number of rotatable bonds is 4. The van der Waals surface area contributed by atoms with Crippen LogP contribution in [0.2, 0.25) is 0 Å². The Balaban J connectivity index is 0.00000208. The second kappa shape index (κ2) is 8.82. The lowest BCUT2D eigenvalue weighted by molar-refractivity contribution is -0.128.